The van der Waals surface area contributed by atoms with E-state index in [0.717, 1.165) is 12.1 Å². The van der Waals surface area contributed by atoms with Gasteiger partial charge >= 0.3 is 0 Å². The number of rotatable bonds is 7. The largest absolute Gasteiger partial charge is 0.312 e. The fourth-order valence-corrected chi connectivity index (χ4v) is 4.02. The standard InChI is InChI=1S/C17H22N4O3S/c1-14(13-20-10-3-9-18-20)12-19-25(23,24)16-7-5-15(6-8-16)21-11-2-4-17(21)22/h3,5-10,14,19H,2,4,11-13H2,1H3/t14-/m0/s1. The predicted octanol–water partition coefficient (Wildman–Crippen LogP) is 1.62. The minimum absolute atomic E-state index is 0.0844. The number of sulfonamides is 1. The number of nitrogens with zero attached hydrogens (tertiary/aromatic N) is 3. The van der Waals surface area contributed by atoms with E-state index in [0.29, 0.717) is 26.1 Å². The van der Waals surface area contributed by atoms with Gasteiger partial charge < -0.3 is 4.90 Å². The molecule has 3 rings (SSSR count). The van der Waals surface area contributed by atoms with E-state index in [1.165, 1.54) is 0 Å². The number of benzene rings is 1. The van der Waals surface area contributed by atoms with Crippen LogP contribution in [-0.2, 0) is 21.4 Å². The van der Waals surface area contributed by atoms with E-state index >= 15 is 0 Å². The quantitative estimate of drug-likeness (QED) is 0.811. The number of amides is 1. The summed E-state index contributed by atoms with van der Waals surface area (Å²) in [6, 6.07) is 8.29. The van der Waals surface area contributed by atoms with Gasteiger partial charge in [-0.15, -0.1) is 0 Å². The van der Waals surface area contributed by atoms with Crippen molar-refractivity contribution in [3.8, 4) is 0 Å². The lowest BCUT2D eigenvalue weighted by atomic mass is 10.2. The van der Waals surface area contributed by atoms with Crippen molar-refractivity contribution in [3.63, 3.8) is 0 Å². The maximum atomic E-state index is 12.4. The number of anilines is 1. The molecule has 2 heterocycles. The van der Waals surface area contributed by atoms with Gasteiger partial charge in [0.15, 0.2) is 0 Å². The maximum Gasteiger partial charge on any atom is 0.240 e. The summed E-state index contributed by atoms with van der Waals surface area (Å²) < 4.78 is 29.3. The molecule has 0 radical (unpaired) electrons. The Hall–Kier alpha value is -2.19. The van der Waals surface area contributed by atoms with Crippen molar-refractivity contribution in [1.29, 1.82) is 0 Å². The zero-order valence-corrected chi connectivity index (χ0v) is 14.9. The average molecular weight is 362 g/mol. The van der Waals surface area contributed by atoms with Crippen LogP contribution in [-0.4, -0.2) is 37.2 Å². The lowest BCUT2D eigenvalue weighted by Gasteiger charge is -2.16. The van der Waals surface area contributed by atoms with Crippen molar-refractivity contribution >= 4 is 21.6 Å². The molecule has 1 atom stereocenters. The molecule has 134 valence electrons. The second-order valence-electron chi connectivity index (χ2n) is 6.33. The van der Waals surface area contributed by atoms with Crippen molar-refractivity contribution in [2.75, 3.05) is 18.0 Å². The third kappa shape index (κ3) is 4.26. The smallest absolute Gasteiger partial charge is 0.240 e. The van der Waals surface area contributed by atoms with Crippen molar-refractivity contribution in [3.05, 3.63) is 42.7 Å². The molecule has 1 N–H and O–H groups in total. The van der Waals surface area contributed by atoms with Crippen molar-refractivity contribution in [1.82, 2.24) is 14.5 Å². The molecule has 1 fully saturated rings. The Bertz CT molecular complexity index is 816. The summed E-state index contributed by atoms with van der Waals surface area (Å²) >= 11 is 0. The van der Waals surface area contributed by atoms with E-state index in [1.807, 2.05) is 19.2 Å². The molecule has 2 aromatic rings. The molecule has 1 aromatic carbocycles. The van der Waals surface area contributed by atoms with E-state index in [-0.39, 0.29) is 16.7 Å². The minimum atomic E-state index is -3.57. The van der Waals surface area contributed by atoms with Gasteiger partial charge in [0.05, 0.1) is 4.90 Å². The molecule has 1 aliphatic rings. The van der Waals surface area contributed by atoms with Gasteiger partial charge in [-0.1, -0.05) is 6.92 Å². The molecule has 8 heteroatoms. The minimum Gasteiger partial charge on any atom is -0.312 e. The van der Waals surface area contributed by atoms with Crippen LogP contribution >= 0.6 is 0 Å². The zero-order chi connectivity index (χ0) is 17.9. The Labute approximate surface area is 147 Å². The molecular formula is C17H22N4O3S. The van der Waals surface area contributed by atoms with Gasteiger partial charge in [0.2, 0.25) is 15.9 Å². The Morgan fingerprint density at radius 3 is 2.64 bits per heavy atom. The summed E-state index contributed by atoms with van der Waals surface area (Å²) in [6.07, 6.45) is 4.94. The SMILES string of the molecule is C[C@@H](CNS(=O)(=O)c1ccc(N2CCCC2=O)cc1)Cn1cccn1. The molecule has 1 saturated heterocycles. The summed E-state index contributed by atoms with van der Waals surface area (Å²) in [4.78, 5) is 13.6. The van der Waals surface area contributed by atoms with Gasteiger partial charge in [-0.2, -0.15) is 5.10 Å². The van der Waals surface area contributed by atoms with Gasteiger partial charge in [0.25, 0.3) is 0 Å². The lowest BCUT2D eigenvalue weighted by Crippen LogP contribution is -2.30. The second kappa shape index (κ2) is 7.37. The highest BCUT2D eigenvalue weighted by Crippen LogP contribution is 2.22. The van der Waals surface area contributed by atoms with Crippen LogP contribution in [0.2, 0.25) is 0 Å². The summed E-state index contributed by atoms with van der Waals surface area (Å²) in [5, 5.41) is 4.12. The zero-order valence-electron chi connectivity index (χ0n) is 14.1. The molecule has 0 saturated carbocycles. The van der Waals surface area contributed by atoms with Gasteiger partial charge in [-0.25, -0.2) is 13.1 Å². The van der Waals surface area contributed by atoms with Crippen LogP contribution in [0.25, 0.3) is 0 Å². The first-order valence-electron chi connectivity index (χ1n) is 8.33. The number of aromatic nitrogens is 2. The molecule has 0 unspecified atom stereocenters. The second-order valence-corrected chi connectivity index (χ2v) is 8.09. The molecule has 1 aliphatic heterocycles. The van der Waals surface area contributed by atoms with E-state index in [4.69, 9.17) is 0 Å². The third-order valence-electron chi connectivity index (χ3n) is 4.21. The van der Waals surface area contributed by atoms with Gasteiger partial charge in [0, 0.05) is 44.1 Å². The van der Waals surface area contributed by atoms with Crippen LogP contribution in [0, 0.1) is 5.92 Å². The number of carbonyl (C=O) groups excluding carboxylic acids is 1. The van der Waals surface area contributed by atoms with Gasteiger partial charge in [0.1, 0.15) is 0 Å². The fourth-order valence-electron chi connectivity index (χ4n) is 2.85. The number of nitrogens with one attached hydrogen (secondary N) is 1. The van der Waals surface area contributed by atoms with Crippen LogP contribution in [0.5, 0.6) is 0 Å². The molecule has 0 spiro atoms. The number of hydrogen-bond acceptors (Lipinski definition) is 4. The monoisotopic (exact) mass is 362 g/mol. The maximum absolute atomic E-state index is 12.4. The third-order valence-corrected chi connectivity index (χ3v) is 5.65. The van der Waals surface area contributed by atoms with E-state index < -0.39 is 10.0 Å². The molecule has 1 aromatic heterocycles. The number of hydrogen-bond donors (Lipinski definition) is 1. The molecule has 7 nitrogen and oxygen atoms in total. The highest BCUT2D eigenvalue weighted by atomic mass is 32.2. The molecular weight excluding hydrogens is 340 g/mol. The van der Waals surface area contributed by atoms with Crippen molar-refractivity contribution in [2.24, 2.45) is 5.92 Å². The Kier molecular flexibility index (Phi) is 5.19. The highest BCUT2D eigenvalue weighted by molar-refractivity contribution is 7.89. The van der Waals surface area contributed by atoms with E-state index in [9.17, 15) is 13.2 Å². The Balaban J connectivity index is 1.60. The van der Waals surface area contributed by atoms with Crippen LogP contribution in [0.3, 0.4) is 0 Å². The molecule has 1 amide bonds. The predicted molar refractivity (Wildman–Crippen MR) is 94.6 cm³/mol. The normalized spacial score (nSPS) is 16.4. The molecule has 0 aliphatic carbocycles. The summed E-state index contributed by atoms with van der Waals surface area (Å²) in [6.45, 7) is 3.63. The van der Waals surface area contributed by atoms with Gasteiger partial charge in [-0.3, -0.25) is 9.48 Å². The van der Waals surface area contributed by atoms with E-state index in [1.54, 1.807) is 40.0 Å². The van der Waals surface area contributed by atoms with Crippen LogP contribution in [0.4, 0.5) is 5.69 Å². The Morgan fingerprint density at radius 1 is 1.28 bits per heavy atom. The molecule has 0 bridgehead atoms. The van der Waals surface area contributed by atoms with Crippen molar-refractivity contribution in [2.45, 2.75) is 31.2 Å². The van der Waals surface area contributed by atoms with Crippen LogP contribution < -0.4 is 9.62 Å². The van der Waals surface area contributed by atoms with Gasteiger partial charge in [-0.05, 0) is 42.7 Å². The first kappa shape index (κ1) is 17.6. The highest BCUT2D eigenvalue weighted by Gasteiger charge is 2.22. The summed E-state index contributed by atoms with van der Waals surface area (Å²) in [5.74, 6) is 0.192. The Morgan fingerprint density at radius 2 is 2.04 bits per heavy atom. The number of carbonyl (C=O) groups is 1. The van der Waals surface area contributed by atoms with Crippen LogP contribution in [0.15, 0.2) is 47.6 Å². The summed E-state index contributed by atoms with van der Waals surface area (Å²) in [5.41, 5.74) is 0.744. The van der Waals surface area contributed by atoms with Crippen molar-refractivity contribution < 1.29 is 13.2 Å². The topological polar surface area (TPSA) is 84.3 Å². The average Bonchev–Trinajstić information content (AvgIpc) is 3.25. The first-order valence-corrected chi connectivity index (χ1v) is 9.81. The summed E-state index contributed by atoms with van der Waals surface area (Å²) in [7, 11) is -3.57. The van der Waals surface area contributed by atoms with E-state index in [2.05, 4.69) is 9.82 Å². The molecule has 25 heavy (non-hydrogen) atoms. The van der Waals surface area contributed by atoms with Crippen LogP contribution in [0.1, 0.15) is 19.8 Å². The lowest BCUT2D eigenvalue weighted by molar-refractivity contribution is -0.117. The first-order chi connectivity index (χ1) is 12.0. The fraction of sp³-hybridized carbons (Fsp3) is 0.412.